The summed E-state index contributed by atoms with van der Waals surface area (Å²) in [6.45, 7) is 3.47. The maximum absolute atomic E-state index is 15.8. The van der Waals surface area contributed by atoms with Crippen LogP contribution in [0.15, 0.2) is 49.1 Å². The Balaban J connectivity index is 1.19. The predicted molar refractivity (Wildman–Crippen MR) is 152 cm³/mol. The number of aromatic nitrogens is 6. The number of hydrogen-bond donors (Lipinski definition) is 2. The first-order valence-corrected chi connectivity index (χ1v) is 13.8. The number of rotatable bonds is 7. The molecule has 41 heavy (non-hydrogen) atoms. The molecule has 5 aromatic rings. The van der Waals surface area contributed by atoms with Crippen molar-refractivity contribution in [1.29, 1.82) is 0 Å². The third kappa shape index (κ3) is 5.06. The normalized spacial score (nSPS) is 16.0. The number of benzene rings is 1. The van der Waals surface area contributed by atoms with Crippen molar-refractivity contribution < 1.29 is 13.9 Å². The number of halogens is 1. The zero-order valence-electron chi connectivity index (χ0n) is 22.8. The van der Waals surface area contributed by atoms with Crippen molar-refractivity contribution in [3.63, 3.8) is 0 Å². The van der Waals surface area contributed by atoms with Gasteiger partial charge >= 0.3 is 0 Å². The number of carbonyl (C=O) groups is 1. The minimum absolute atomic E-state index is 0.134. The molecule has 0 bridgehead atoms. The van der Waals surface area contributed by atoms with Crippen molar-refractivity contribution in [2.75, 3.05) is 23.3 Å². The number of anilines is 2. The highest BCUT2D eigenvalue weighted by atomic mass is 19.1. The van der Waals surface area contributed by atoms with Gasteiger partial charge in [0, 0.05) is 62.3 Å². The van der Waals surface area contributed by atoms with Crippen LogP contribution >= 0.6 is 0 Å². The SMILES string of the molecule is Cc1cn2cc(NC(=O)c3c(F)cc(N4CCC(NC5CC5)CC4)c4cn(C)nc34)nc(Oc3ccccn3)c2n1. The standard InChI is InChI=1S/C29H30FN9O2/c1-17-14-39-16-23(35-29(27(39)32-17)41-24-5-3-4-10-31-24)34-28(40)25-21(30)13-22(20-15-37(2)36-26(20)25)38-11-8-19(9-12-38)33-18-6-7-18/h3-5,10,13-16,18-19,33H,6-9,11-12H2,1-2H3,(H,34,40). The van der Waals surface area contributed by atoms with E-state index in [0.717, 1.165) is 42.7 Å². The first-order valence-electron chi connectivity index (χ1n) is 13.8. The van der Waals surface area contributed by atoms with Crippen LogP contribution in [-0.2, 0) is 7.05 Å². The Morgan fingerprint density at radius 2 is 1.88 bits per heavy atom. The number of piperidine rings is 1. The quantitative estimate of drug-likeness (QED) is 0.307. The van der Waals surface area contributed by atoms with Gasteiger partial charge in [-0.05, 0) is 44.7 Å². The van der Waals surface area contributed by atoms with Crippen molar-refractivity contribution in [2.24, 2.45) is 7.05 Å². The molecule has 2 fully saturated rings. The van der Waals surface area contributed by atoms with Crippen molar-refractivity contribution in [1.82, 2.24) is 34.4 Å². The number of pyridine rings is 1. The molecule has 5 heterocycles. The van der Waals surface area contributed by atoms with E-state index in [0.29, 0.717) is 29.1 Å². The molecule has 12 heteroatoms. The number of aryl methyl sites for hydroxylation is 2. The molecular weight excluding hydrogens is 525 g/mol. The van der Waals surface area contributed by atoms with Gasteiger partial charge in [-0.2, -0.15) is 10.1 Å². The van der Waals surface area contributed by atoms with Crippen LogP contribution in [0.3, 0.4) is 0 Å². The highest BCUT2D eigenvalue weighted by Crippen LogP contribution is 2.34. The summed E-state index contributed by atoms with van der Waals surface area (Å²) in [5, 5.41) is 11.7. The number of amides is 1. The summed E-state index contributed by atoms with van der Waals surface area (Å²) in [7, 11) is 1.77. The van der Waals surface area contributed by atoms with Gasteiger partial charge in [-0.15, -0.1) is 0 Å². The number of imidazole rings is 1. The Hall–Kier alpha value is -4.58. The zero-order valence-corrected chi connectivity index (χ0v) is 22.8. The van der Waals surface area contributed by atoms with E-state index in [9.17, 15) is 4.79 Å². The molecular formula is C29H30FN9O2. The molecule has 4 aromatic heterocycles. The third-order valence-corrected chi connectivity index (χ3v) is 7.56. The van der Waals surface area contributed by atoms with Crippen LogP contribution in [0, 0.1) is 12.7 Å². The molecule has 2 N–H and O–H groups in total. The van der Waals surface area contributed by atoms with Crippen molar-refractivity contribution in [2.45, 2.75) is 44.7 Å². The number of fused-ring (bicyclic) bond motifs is 2. The number of nitrogens with zero attached hydrogens (tertiary/aromatic N) is 7. The Bertz CT molecular complexity index is 1760. The Kier molecular flexibility index (Phi) is 6.26. The van der Waals surface area contributed by atoms with E-state index in [1.54, 1.807) is 52.9 Å². The highest BCUT2D eigenvalue weighted by Gasteiger charge is 2.29. The zero-order chi connectivity index (χ0) is 28.1. The molecule has 0 unspecified atom stereocenters. The average Bonchev–Trinajstić information content (AvgIpc) is 3.56. The third-order valence-electron chi connectivity index (χ3n) is 7.56. The molecule has 7 rings (SSSR count). The molecule has 1 aromatic carbocycles. The molecule has 2 aliphatic rings. The number of carbonyl (C=O) groups excluding carboxylic acids is 1. The van der Waals surface area contributed by atoms with E-state index in [-0.39, 0.29) is 17.3 Å². The van der Waals surface area contributed by atoms with Crippen LogP contribution in [0.25, 0.3) is 16.6 Å². The fourth-order valence-electron chi connectivity index (χ4n) is 5.50. The van der Waals surface area contributed by atoms with Crippen LogP contribution < -0.4 is 20.3 Å². The van der Waals surface area contributed by atoms with Crippen LogP contribution in [-0.4, -0.2) is 60.2 Å². The smallest absolute Gasteiger partial charge is 0.267 e. The second-order valence-corrected chi connectivity index (χ2v) is 10.8. The van der Waals surface area contributed by atoms with E-state index in [1.165, 1.54) is 18.9 Å². The largest absolute Gasteiger partial charge is 0.417 e. The first kappa shape index (κ1) is 25.4. The highest BCUT2D eigenvalue weighted by molar-refractivity contribution is 6.14. The number of nitrogens with one attached hydrogen (secondary N) is 2. The lowest BCUT2D eigenvalue weighted by atomic mass is 10.0. The van der Waals surface area contributed by atoms with Gasteiger partial charge in [-0.25, -0.2) is 14.4 Å². The van der Waals surface area contributed by atoms with Crippen LogP contribution in [0.5, 0.6) is 11.8 Å². The van der Waals surface area contributed by atoms with E-state index >= 15 is 4.39 Å². The molecule has 1 saturated carbocycles. The Morgan fingerprint density at radius 1 is 1.07 bits per heavy atom. The van der Waals surface area contributed by atoms with Gasteiger partial charge < -0.3 is 20.3 Å². The fourth-order valence-corrected chi connectivity index (χ4v) is 5.50. The Morgan fingerprint density at radius 3 is 2.63 bits per heavy atom. The molecule has 0 radical (unpaired) electrons. The van der Waals surface area contributed by atoms with Gasteiger partial charge in [0.05, 0.1) is 17.6 Å². The molecule has 0 atom stereocenters. The average molecular weight is 556 g/mol. The van der Waals surface area contributed by atoms with Gasteiger partial charge in [0.1, 0.15) is 16.9 Å². The molecule has 11 nitrogen and oxygen atoms in total. The number of hydrogen-bond acceptors (Lipinski definition) is 8. The Labute approximate surface area is 235 Å². The minimum Gasteiger partial charge on any atom is -0.417 e. The summed E-state index contributed by atoms with van der Waals surface area (Å²) in [5.74, 6) is -0.629. The minimum atomic E-state index is -0.655. The van der Waals surface area contributed by atoms with E-state index in [4.69, 9.17) is 4.74 Å². The van der Waals surface area contributed by atoms with Crippen LogP contribution in [0.4, 0.5) is 15.9 Å². The molecule has 210 valence electrons. The van der Waals surface area contributed by atoms with E-state index in [1.807, 2.05) is 13.1 Å². The maximum Gasteiger partial charge on any atom is 0.267 e. The van der Waals surface area contributed by atoms with Gasteiger partial charge in [0.25, 0.3) is 11.8 Å². The van der Waals surface area contributed by atoms with Gasteiger partial charge in [0.2, 0.25) is 11.5 Å². The maximum atomic E-state index is 15.8. The van der Waals surface area contributed by atoms with Crippen molar-refractivity contribution in [3.05, 3.63) is 66.1 Å². The fraction of sp³-hybridized carbons (Fsp3) is 0.345. The van der Waals surface area contributed by atoms with E-state index < -0.39 is 11.7 Å². The molecule has 1 amide bonds. The lowest BCUT2D eigenvalue weighted by molar-refractivity contribution is 0.102. The van der Waals surface area contributed by atoms with Crippen molar-refractivity contribution >= 4 is 34.0 Å². The summed E-state index contributed by atoms with van der Waals surface area (Å²) in [6.07, 6.45) is 11.3. The van der Waals surface area contributed by atoms with Crippen molar-refractivity contribution in [3.8, 4) is 11.8 Å². The second kappa shape index (κ2) is 10.1. The first-order chi connectivity index (χ1) is 19.9. The summed E-state index contributed by atoms with van der Waals surface area (Å²) >= 11 is 0. The van der Waals surface area contributed by atoms with Gasteiger partial charge in [-0.3, -0.25) is 13.9 Å². The predicted octanol–water partition coefficient (Wildman–Crippen LogP) is 4.22. The summed E-state index contributed by atoms with van der Waals surface area (Å²) < 4.78 is 25.0. The molecule has 1 saturated heterocycles. The second-order valence-electron chi connectivity index (χ2n) is 10.8. The van der Waals surface area contributed by atoms with Gasteiger partial charge in [0.15, 0.2) is 5.82 Å². The summed E-state index contributed by atoms with van der Waals surface area (Å²) in [6, 6.07) is 7.88. The summed E-state index contributed by atoms with van der Waals surface area (Å²) in [5.41, 5.74) is 2.13. The molecule has 1 aliphatic carbocycles. The number of ether oxygens (including phenoxy) is 1. The lowest BCUT2D eigenvalue weighted by Crippen LogP contribution is -2.43. The topological polar surface area (TPSA) is 114 Å². The van der Waals surface area contributed by atoms with Crippen LogP contribution in [0.2, 0.25) is 0 Å². The van der Waals surface area contributed by atoms with Crippen LogP contribution in [0.1, 0.15) is 41.7 Å². The lowest BCUT2D eigenvalue weighted by Gasteiger charge is -2.34. The van der Waals surface area contributed by atoms with E-state index in [2.05, 4.69) is 35.6 Å². The molecule has 0 spiro atoms. The molecule has 1 aliphatic heterocycles. The van der Waals surface area contributed by atoms with Gasteiger partial charge in [-0.1, -0.05) is 6.07 Å². The monoisotopic (exact) mass is 555 g/mol. The summed E-state index contributed by atoms with van der Waals surface area (Å²) in [4.78, 5) is 28.9.